The van der Waals surface area contributed by atoms with Crippen LogP contribution in [0.15, 0.2) is 0 Å². The van der Waals surface area contributed by atoms with Gasteiger partial charge in [0.1, 0.15) is 5.54 Å². The molecule has 4 nitrogen and oxygen atoms in total. The molecule has 1 saturated heterocycles. The number of nitriles is 2. The first-order chi connectivity index (χ1) is 6.10. The highest BCUT2D eigenvalue weighted by molar-refractivity contribution is 5.04. The average molecular weight is 179 g/mol. The molecule has 0 aromatic heterocycles. The molecule has 1 heterocycles. The minimum atomic E-state index is -0.501. The van der Waals surface area contributed by atoms with Crippen LogP contribution in [0.4, 0.5) is 0 Å². The van der Waals surface area contributed by atoms with Crippen LogP contribution in [-0.4, -0.2) is 36.2 Å². The van der Waals surface area contributed by atoms with Crippen LogP contribution in [0, 0.1) is 22.7 Å². The van der Waals surface area contributed by atoms with Crippen LogP contribution in [0.1, 0.15) is 13.8 Å². The van der Waals surface area contributed by atoms with Crippen LogP contribution >= 0.6 is 0 Å². The molecule has 0 aliphatic carbocycles. The highest BCUT2D eigenvalue weighted by Gasteiger charge is 2.31. The van der Waals surface area contributed by atoms with E-state index in [1.54, 1.807) is 0 Å². The highest BCUT2D eigenvalue weighted by Crippen LogP contribution is 2.16. The Morgan fingerprint density at radius 3 is 2.69 bits per heavy atom. The summed E-state index contributed by atoms with van der Waals surface area (Å²) in [5.41, 5.74) is -0.501. The summed E-state index contributed by atoms with van der Waals surface area (Å²) in [6.07, 6.45) is -0.388. The number of nitrogens with zero attached hydrogens (tertiary/aromatic N) is 3. The predicted octanol–water partition coefficient (Wildman–Crippen LogP) is 0.513. The molecule has 0 aromatic rings. The monoisotopic (exact) mass is 179 g/mol. The number of morpholine rings is 1. The zero-order valence-corrected chi connectivity index (χ0v) is 7.95. The van der Waals surface area contributed by atoms with Gasteiger partial charge < -0.3 is 4.74 Å². The standard InChI is InChI=1S/C9H13N3O/c1-9(2,7-11)12-3-4-13-8(5-10)6-12/h8H,3-4,6H2,1-2H3. The normalized spacial score (nSPS) is 24.8. The molecule has 0 aromatic carbocycles. The van der Waals surface area contributed by atoms with Gasteiger partial charge in [-0.15, -0.1) is 0 Å². The lowest BCUT2D eigenvalue weighted by Gasteiger charge is -2.37. The molecular formula is C9H13N3O. The van der Waals surface area contributed by atoms with Gasteiger partial charge in [0.05, 0.1) is 18.7 Å². The zero-order chi connectivity index (χ0) is 9.90. The van der Waals surface area contributed by atoms with Crippen LogP contribution in [0.2, 0.25) is 0 Å². The SMILES string of the molecule is CC(C)(C#N)N1CCOC(C#N)C1. The Morgan fingerprint density at radius 1 is 1.46 bits per heavy atom. The summed E-state index contributed by atoms with van der Waals surface area (Å²) >= 11 is 0. The van der Waals surface area contributed by atoms with E-state index in [2.05, 4.69) is 12.1 Å². The maximum absolute atomic E-state index is 8.89. The second-order valence-corrected chi connectivity index (χ2v) is 3.61. The molecule has 0 bridgehead atoms. The van der Waals surface area contributed by atoms with E-state index in [1.807, 2.05) is 18.7 Å². The first kappa shape index (κ1) is 9.98. The van der Waals surface area contributed by atoms with Gasteiger partial charge in [0.15, 0.2) is 6.10 Å². The minimum Gasteiger partial charge on any atom is -0.361 e. The molecule has 1 aliphatic rings. The van der Waals surface area contributed by atoms with Crippen molar-refractivity contribution in [1.29, 1.82) is 10.5 Å². The van der Waals surface area contributed by atoms with Gasteiger partial charge >= 0.3 is 0 Å². The Labute approximate surface area is 78.3 Å². The molecule has 0 radical (unpaired) electrons. The van der Waals surface area contributed by atoms with Crippen molar-refractivity contribution in [3.05, 3.63) is 0 Å². The number of hydrogen-bond acceptors (Lipinski definition) is 4. The lowest BCUT2D eigenvalue weighted by atomic mass is 10.0. The van der Waals surface area contributed by atoms with Crippen molar-refractivity contribution in [2.45, 2.75) is 25.5 Å². The lowest BCUT2D eigenvalue weighted by molar-refractivity contribution is -0.0252. The molecule has 1 aliphatic heterocycles. The van der Waals surface area contributed by atoms with E-state index >= 15 is 0 Å². The maximum Gasteiger partial charge on any atom is 0.156 e. The fraction of sp³-hybridized carbons (Fsp3) is 0.778. The van der Waals surface area contributed by atoms with Crippen LogP contribution in [0.3, 0.4) is 0 Å². The van der Waals surface area contributed by atoms with Gasteiger partial charge in [-0.25, -0.2) is 0 Å². The van der Waals surface area contributed by atoms with E-state index in [4.69, 9.17) is 15.3 Å². The summed E-state index contributed by atoms with van der Waals surface area (Å²) in [5.74, 6) is 0. The topological polar surface area (TPSA) is 60.1 Å². The fourth-order valence-corrected chi connectivity index (χ4v) is 1.31. The molecule has 4 heteroatoms. The molecule has 1 atom stereocenters. The highest BCUT2D eigenvalue weighted by atomic mass is 16.5. The first-order valence-corrected chi connectivity index (χ1v) is 4.27. The van der Waals surface area contributed by atoms with Gasteiger partial charge in [-0.2, -0.15) is 10.5 Å². The third kappa shape index (κ3) is 2.18. The molecule has 0 N–H and O–H groups in total. The van der Waals surface area contributed by atoms with Crippen molar-refractivity contribution in [3.63, 3.8) is 0 Å². The molecule has 0 amide bonds. The summed E-state index contributed by atoms with van der Waals surface area (Å²) in [6.45, 7) is 5.48. The Kier molecular flexibility index (Phi) is 2.87. The van der Waals surface area contributed by atoms with Crippen LogP contribution in [-0.2, 0) is 4.74 Å². The van der Waals surface area contributed by atoms with Crippen LogP contribution in [0.5, 0.6) is 0 Å². The van der Waals surface area contributed by atoms with Crippen molar-refractivity contribution in [2.24, 2.45) is 0 Å². The second-order valence-electron chi connectivity index (χ2n) is 3.61. The summed E-state index contributed by atoms with van der Waals surface area (Å²) in [4.78, 5) is 1.98. The molecule has 0 spiro atoms. The maximum atomic E-state index is 8.89. The van der Waals surface area contributed by atoms with E-state index in [0.29, 0.717) is 13.2 Å². The number of ether oxygens (including phenoxy) is 1. The predicted molar refractivity (Wildman–Crippen MR) is 46.6 cm³/mol. The van der Waals surface area contributed by atoms with Gasteiger partial charge in [-0.3, -0.25) is 4.90 Å². The van der Waals surface area contributed by atoms with Crippen molar-refractivity contribution in [3.8, 4) is 12.1 Å². The van der Waals surface area contributed by atoms with Crippen molar-refractivity contribution in [2.75, 3.05) is 19.7 Å². The summed E-state index contributed by atoms with van der Waals surface area (Å²) in [5, 5.41) is 17.6. The van der Waals surface area contributed by atoms with Crippen molar-refractivity contribution >= 4 is 0 Å². The Balaban J connectivity index is 2.63. The van der Waals surface area contributed by atoms with Gasteiger partial charge in [0.25, 0.3) is 0 Å². The molecule has 1 rings (SSSR count). The third-order valence-electron chi connectivity index (χ3n) is 2.27. The molecule has 13 heavy (non-hydrogen) atoms. The molecule has 0 saturated carbocycles. The smallest absolute Gasteiger partial charge is 0.156 e. The molecule has 1 fully saturated rings. The van der Waals surface area contributed by atoms with E-state index in [1.165, 1.54) is 0 Å². The van der Waals surface area contributed by atoms with Crippen molar-refractivity contribution < 1.29 is 4.74 Å². The Hall–Kier alpha value is -1.10. The largest absolute Gasteiger partial charge is 0.361 e. The number of rotatable bonds is 1. The van der Waals surface area contributed by atoms with E-state index in [0.717, 1.165) is 6.54 Å². The molecule has 1 unspecified atom stereocenters. The van der Waals surface area contributed by atoms with Gasteiger partial charge in [0.2, 0.25) is 0 Å². The van der Waals surface area contributed by atoms with Crippen molar-refractivity contribution in [1.82, 2.24) is 4.90 Å². The molecule has 70 valence electrons. The summed E-state index contributed by atoms with van der Waals surface area (Å²) in [6, 6.07) is 4.27. The third-order valence-corrected chi connectivity index (χ3v) is 2.27. The quantitative estimate of drug-likeness (QED) is 0.588. The average Bonchev–Trinajstić information content (AvgIpc) is 2.18. The number of hydrogen-bond donors (Lipinski definition) is 0. The van der Waals surface area contributed by atoms with Gasteiger partial charge in [-0.1, -0.05) is 0 Å². The van der Waals surface area contributed by atoms with Gasteiger partial charge in [0, 0.05) is 13.1 Å². The lowest BCUT2D eigenvalue weighted by Crippen LogP contribution is -2.51. The first-order valence-electron chi connectivity index (χ1n) is 4.27. The second kappa shape index (κ2) is 3.74. The molecular weight excluding hydrogens is 166 g/mol. The van der Waals surface area contributed by atoms with E-state index in [9.17, 15) is 0 Å². The summed E-state index contributed by atoms with van der Waals surface area (Å²) in [7, 11) is 0. The fourth-order valence-electron chi connectivity index (χ4n) is 1.31. The minimum absolute atomic E-state index is 0.388. The van der Waals surface area contributed by atoms with E-state index < -0.39 is 5.54 Å². The van der Waals surface area contributed by atoms with Crippen LogP contribution in [0.25, 0.3) is 0 Å². The Bertz CT molecular complexity index is 261. The Morgan fingerprint density at radius 2 is 2.15 bits per heavy atom. The van der Waals surface area contributed by atoms with Gasteiger partial charge in [-0.05, 0) is 13.8 Å². The van der Waals surface area contributed by atoms with Crippen LogP contribution < -0.4 is 0 Å². The zero-order valence-electron chi connectivity index (χ0n) is 7.95. The summed E-state index contributed by atoms with van der Waals surface area (Å²) < 4.78 is 5.18. The van der Waals surface area contributed by atoms with E-state index in [-0.39, 0.29) is 6.10 Å².